The predicted molar refractivity (Wildman–Crippen MR) is 120 cm³/mol. The lowest BCUT2D eigenvalue weighted by Crippen LogP contribution is -2.40. The van der Waals surface area contributed by atoms with Gasteiger partial charge in [-0.1, -0.05) is 18.2 Å². The number of nitrogens with zero attached hydrogens (tertiary/aromatic N) is 6. The molecule has 0 bridgehead atoms. The predicted octanol–water partition coefficient (Wildman–Crippen LogP) is 2.58. The SMILES string of the molecule is Cc1nn(-c2ccccc2)nc1C(=O)NC1CCC(Nc2nccc(N(C)C)n2)CC1. The zero-order valence-corrected chi connectivity index (χ0v) is 18.1. The molecule has 162 valence electrons. The van der Waals surface area contributed by atoms with Crippen LogP contribution in [-0.2, 0) is 0 Å². The highest BCUT2D eigenvalue weighted by atomic mass is 16.2. The Balaban J connectivity index is 1.31. The van der Waals surface area contributed by atoms with E-state index in [0.29, 0.717) is 23.4 Å². The molecule has 2 aromatic heterocycles. The third kappa shape index (κ3) is 4.99. The van der Waals surface area contributed by atoms with Crippen molar-refractivity contribution in [3.63, 3.8) is 0 Å². The molecule has 0 atom stereocenters. The van der Waals surface area contributed by atoms with E-state index in [1.165, 1.54) is 4.80 Å². The summed E-state index contributed by atoms with van der Waals surface area (Å²) in [5.74, 6) is 1.35. The Kier molecular flexibility index (Phi) is 6.11. The van der Waals surface area contributed by atoms with E-state index >= 15 is 0 Å². The van der Waals surface area contributed by atoms with Crippen molar-refractivity contribution in [3.05, 3.63) is 54.0 Å². The molecule has 2 heterocycles. The number of carbonyl (C=O) groups is 1. The van der Waals surface area contributed by atoms with Gasteiger partial charge in [0.2, 0.25) is 5.95 Å². The summed E-state index contributed by atoms with van der Waals surface area (Å²) in [6.45, 7) is 1.81. The minimum atomic E-state index is -0.168. The van der Waals surface area contributed by atoms with E-state index in [-0.39, 0.29) is 11.9 Å². The lowest BCUT2D eigenvalue weighted by Gasteiger charge is -2.29. The summed E-state index contributed by atoms with van der Waals surface area (Å²) in [5, 5.41) is 15.3. The summed E-state index contributed by atoms with van der Waals surface area (Å²) in [7, 11) is 3.92. The Morgan fingerprint density at radius 3 is 2.45 bits per heavy atom. The van der Waals surface area contributed by atoms with E-state index in [2.05, 4.69) is 30.8 Å². The molecule has 31 heavy (non-hydrogen) atoms. The minimum Gasteiger partial charge on any atom is -0.363 e. The van der Waals surface area contributed by atoms with Crippen LogP contribution in [0.4, 0.5) is 11.8 Å². The number of rotatable bonds is 6. The zero-order chi connectivity index (χ0) is 21.8. The summed E-state index contributed by atoms with van der Waals surface area (Å²) < 4.78 is 0. The second-order valence-corrected chi connectivity index (χ2v) is 8.06. The molecule has 9 heteroatoms. The summed E-state index contributed by atoms with van der Waals surface area (Å²) in [5.41, 5.74) is 1.82. The van der Waals surface area contributed by atoms with Crippen LogP contribution in [0.5, 0.6) is 0 Å². The van der Waals surface area contributed by atoms with Gasteiger partial charge >= 0.3 is 0 Å². The van der Waals surface area contributed by atoms with Gasteiger partial charge in [-0.15, -0.1) is 5.10 Å². The number of aryl methyl sites for hydroxylation is 1. The first-order valence-corrected chi connectivity index (χ1v) is 10.6. The topological polar surface area (TPSA) is 101 Å². The number of carbonyl (C=O) groups excluding carboxylic acids is 1. The Labute approximate surface area is 181 Å². The van der Waals surface area contributed by atoms with Gasteiger partial charge in [-0.3, -0.25) is 4.79 Å². The van der Waals surface area contributed by atoms with Gasteiger partial charge in [0.25, 0.3) is 5.91 Å². The average molecular weight is 421 g/mol. The molecular formula is C22H28N8O. The van der Waals surface area contributed by atoms with Gasteiger partial charge in [0.15, 0.2) is 5.69 Å². The molecule has 1 amide bonds. The summed E-state index contributed by atoms with van der Waals surface area (Å²) in [4.78, 5) is 25.1. The number of anilines is 2. The van der Waals surface area contributed by atoms with E-state index in [1.54, 1.807) is 6.20 Å². The van der Waals surface area contributed by atoms with Crippen LogP contribution >= 0.6 is 0 Å². The van der Waals surface area contributed by atoms with Crippen LogP contribution in [0.25, 0.3) is 5.69 Å². The lowest BCUT2D eigenvalue weighted by molar-refractivity contribution is 0.0920. The second-order valence-electron chi connectivity index (χ2n) is 8.06. The molecule has 1 aromatic carbocycles. The van der Waals surface area contributed by atoms with Crippen LogP contribution in [0.2, 0.25) is 0 Å². The van der Waals surface area contributed by atoms with Crippen molar-refractivity contribution >= 4 is 17.7 Å². The van der Waals surface area contributed by atoms with Gasteiger partial charge in [0, 0.05) is 32.4 Å². The molecule has 0 saturated heterocycles. The third-order valence-electron chi connectivity index (χ3n) is 5.48. The molecular weight excluding hydrogens is 392 g/mol. The average Bonchev–Trinajstić information content (AvgIpc) is 3.18. The molecule has 0 spiro atoms. The van der Waals surface area contributed by atoms with Crippen LogP contribution in [0, 0.1) is 6.92 Å². The largest absolute Gasteiger partial charge is 0.363 e. The maximum atomic E-state index is 12.8. The van der Waals surface area contributed by atoms with E-state index in [4.69, 9.17) is 0 Å². The number of nitrogens with one attached hydrogen (secondary N) is 2. The van der Waals surface area contributed by atoms with Gasteiger partial charge in [0.1, 0.15) is 5.82 Å². The fourth-order valence-corrected chi connectivity index (χ4v) is 3.75. The van der Waals surface area contributed by atoms with Crippen molar-refractivity contribution in [2.75, 3.05) is 24.3 Å². The van der Waals surface area contributed by atoms with Crippen molar-refractivity contribution < 1.29 is 4.79 Å². The molecule has 1 aliphatic rings. The highest BCUT2D eigenvalue weighted by molar-refractivity contribution is 5.93. The fraction of sp³-hybridized carbons (Fsp3) is 0.409. The third-order valence-corrected chi connectivity index (χ3v) is 5.48. The van der Waals surface area contributed by atoms with Gasteiger partial charge in [-0.2, -0.15) is 14.9 Å². The number of hydrogen-bond acceptors (Lipinski definition) is 7. The fourth-order valence-electron chi connectivity index (χ4n) is 3.75. The number of amides is 1. The maximum absolute atomic E-state index is 12.8. The summed E-state index contributed by atoms with van der Waals surface area (Å²) >= 11 is 0. The number of aromatic nitrogens is 5. The molecule has 0 unspecified atom stereocenters. The highest BCUT2D eigenvalue weighted by Crippen LogP contribution is 2.22. The van der Waals surface area contributed by atoms with Gasteiger partial charge in [0.05, 0.1) is 11.4 Å². The number of hydrogen-bond donors (Lipinski definition) is 2. The van der Waals surface area contributed by atoms with Gasteiger partial charge in [-0.25, -0.2) is 4.98 Å². The van der Waals surface area contributed by atoms with Crippen LogP contribution < -0.4 is 15.5 Å². The van der Waals surface area contributed by atoms with Crippen LogP contribution in [-0.4, -0.2) is 57.0 Å². The van der Waals surface area contributed by atoms with E-state index in [1.807, 2.05) is 62.3 Å². The molecule has 1 fully saturated rings. The summed E-state index contributed by atoms with van der Waals surface area (Å²) in [6, 6.07) is 11.9. The smallest absolute Gasteiger partial charge is 0.273 e. The normalized spacial score (nSPS) is 18.4. The first-order chi connectivity index (χ1) is 15.0. The van der Waals surface area contributed by atoms with Gasteiger partial charge in [-0.05, 0) is 50.8 Å². The number of benzene rings is 1. The molecule has 1 saturated carbocycles. The lowest BCUT2D eigenvalue weighted by atomic mass is 9.91. The van der Waals surface area contributed by atoms with E-state index in [9.17, 15) is 4.79 Å². The molecule has 1 aliphatic carbocycles. The van der Waals surface area contributed by atoms with Crippen molar-refractivity contribution in [1.29, 1.82) is 0 Å². The molecule has 9 nitrogen and oxygen atoms in total. The van der Waals surface area contributed by atoms with Gasteiger partial charge < -0.3 is 15.5 Å². The molecule has 4 rings (SSSR count). The molecule has 0 aliphatic heterocycles. The van der Waals surface area contributed by atoms with E-state index in [0.717, 1.165) is 37.2 Å². The Bertz CT molecular complexity index is 1020. The highest BCUT2D eigenvalue weighted by Gasteiger charge is 2.25. The van der Waals surface area contributed by atoms with Crippen LogP contribution in [0.1, 0.15) is 41.9 Å². The number of para-hydroxylation sites is 1. The second kappa shape index (κ2) is 9.11. The van der Waals surface area contributed by atoms with Crippen LogP contribution in [0.15, 0.2) is 42.6 Å². The Hall–Kier alpha value is -3.49. The van der Waals surface area contributed by atoms with E-state index < -0.39 is 0 Å². The minimum absolute atomic E-state index is 0.126. The van der Waals surface area contributed by atoms with Crippen molar-refractivity contribution in [1.82, 2.24) is 30.3 Å². The monoisotopic (exact) mass is 420 g/mol. The first kappa shape index (κ1) is 20.8. The first-order valence-electron chi connectivity index (χ1n) is 10.6. The maximum Gasteiger partial charge on any atom is 0.273 e. The van der Waals surface area contributed by atoms with Crippen molar-refractivity contribution in [2.45, 2.75) is 44.7 Å². The Morgan fingerprint density at radius 2 is 1.74 bits per heavy atom. The van der Waals surface area contributed by atoms with Crippen molar-refractivity contribution in [3.8, 4) is 5.69 Å². The zero-order valence-electron chi connectivity index (χ0n) is 18.1. The van der Waals surface area contributed by atoms with Crippen LogP contribution in [0.3, 0.4) is 0 Å². The standard InChI is InChI=1S/C22H28N8O/c1-15-20(28-30(27-15)18-7-5-4-6-8-18)21(31)24-16-9-11-17(12-10-16)25-22-23-14-13-19(26-22)29(2)3/h4-8,13-14,16-17H,9-12H2,1-3H3,(H,24,31)(H,23,25,26). The van der Waals surface area contributed by atoms with Crippen molar-refractivity contribution in [2.24, 2.45) is 0 Å². The molecule has 2 N–H and O–H groups in total. The Morgan fingerprint density at radius 1 is 1.03 bits per heavy atom. The molecule has 3 aromatic rings. The quantitative estimate of drug-likeness (QED) is 0.632. The molecule has 0 radical (unpaired) electrons. The summed E-state index contributed by atoms with van der Waals surface area (Å²) in [6.07, 6.45) is 5.43.